The van der Waals surface area contributed by atoms with Gasteiger partial charge in [-0.3, -0.25) is 15.1 Å². The Kier molecular flexibility index (Phi) is 6.84. The lowest BCUT2D eigenvalue weighted by atomic mass is 9.81. The number of alkyl carbamates (subject to hydrolysis) is 1. The third kappa shape index (κ3) is 5.10. The second-order valence-electron chi connectivity index (χ2n) is 9.91. The highest BCUT2D eigenvalue weighted by Gasteiger charge is 2.51. The number of ether oxygens (including phenoxy) is 1. The Morgan fingerprint density at radius 3 is 2.25 bits per heavy atom. The van der Waals surface area contributed by atoms with Crippen LogP contribution in [0.15, 0.2) is 78.9 Å². The molecule has 0 aliphatic carbocycles. The van der Waals surface area contributed by atoms with Crippen LogP contribution in [0, 0.1) is 5.41 Å². The van der Waals surface area contributed by atoms with Crippen LogP contribution in [0.2, 0.25) is 0 Å². The Labute approximate surface area is 212 Å². The molecule has 36 heavy (non-hydrogen) atoms. The fraction of sp³-hybridized carbons (Fsp3) is 0.276. The molecular formula is C29H32N4O3. The number of nitrogens with zero attached hydrogens (tertiary/aromatic N) is 1. The third-order valence-electron chi connectivity index (χ3n) is 6.11. The predicted molar refractivity (Wildman–Crippen MR) is 141 cm³/mol. The Morgan fingerprint density at radius 1 is 0.972 bits per heavy atom. The van der Waals surface area contributed by atoms with E-state index in [0.717, 1.165) is 27.8 Å². The van der Waals surface area contributed by atoms with Crippen LogP contribution in [0.4, 0.5) is 4.79 Å². The summed E-state index contributed by atoms with van der Waals surface area (Å²) in [6.07, 6.45) is 0.227. The van der Waals surface area contributed by atoms with Crippen LogP contribution in [0.5, 0.6) is 0 Å². The molecule has 1 aliphatic heterocycles. The molecule has 0 saturated carbocycles. The van der Waals surface area contributed by atoms with E-state index in [1.54, 1.807) is 7.05 Å². The highest BCUT2D eigenvalue weighted by atomic mass is 16.6. The van der Waals surface area contributed by atoms with Crippen molar-refractivity contribution in [2.45, 2.75) is 38.3 Å². The van der Waals surface area contributed by atoms with Crippen molar-refractivity contribution in [3.63, 3.8) is 0 Å². The molecule has 0 bridgehead atoms. The third-order valence-corrected chi connectivity index (χ3v) is 6.11. The van der Waals surface area contributed by atoms with Gasteiger partial charge in [0, 0.05) is 13.6 Å². The molecule has 1 saturated heterocycles. The van der Waals surface area contributed by atoms with Crippen LogP contribution in [-0.2, 0) is 21.5 Å². The van der Waals surface area contributed by atoms with Crippen molar-refractivity contribution in [1.29, 1.82) is 5.41 Å². The smallest absolute Gasteiger partial charge is 0.407 e. The molecule has 0 spiro atoms. The molecule has 0 unspecified atom stereocenters. The van der Waals surface area contributed by atoms with Gasteiger partial charge in [0.1, 0.15) is 5.60 Å². The van der Waals surface area contributed by atoms with E-state index in [2.05, 4.69) is 16.7 Å². The lowest BCUT2D eigenvalue weighted by Gasteiger charge is -2.28. The van der Waals surface area contributed by atoms with E-state index in [1.807, 2.05) is 93.6 Å². The zero-order valence-electron chi connectivity index (χ0n) is 21.1. The number of rotatable bonds is 6. The molecule has 1 aliphatic rings. The molecule has 7 nitrogen and oxygen atoms in total. The molecule has 1 fully saturated rings. The first-order chi connectivity index (χ1) is 17.1. The van der Waals surface area contributed by atoms with Gasteiger partial charge in [0.05, 0.1) is 0 Å². The second-order valence-corrected chi connectivity index (χ2v) is 9.91. The maximum absolute atomic E-state index is 13.5. The summed E-state index contributed by atoms with van der Waals surface area (Å²) < 4.78 is 5.30. The fourth-order valence-corrected chi connectivity index (χ4v) is 4.38. The van der Waals surface area contributed by atoms with Gasteiger partial charge in [-0.25, -0.2) is 4.79 Å². The zero-order chi connectivity index (χ0) is 25.9. The standard InChI is InChI=1S/C29H32N4O3/c1-28(2,3)36-27(35)31-17-16-20-10-8-11-21(18-20)22-12-9-15-24(19-22)29(23-13-6-5-7-14-23)25(34)33(4)26(30)32-29/h5-15,18-19H,16-17H2,1-4H3,(H2,30,32)(H,31,35)/t29-/m0/s1. The lowest BCUT2D eigenvalue weighted by molar-refractivity contribution is -0.129. The lowest BCUT2D eigenvalue weighted by Crippen LogP contribution is -2.45. The molecule has 1 heterocycles. The first kappa shape index (κ1) is 25.0. The minimum Gasteiger partial charge on any atom is -0.444 e. The van der Waals surface area contributed by atoms with Gasteiger partial charge < -0.3 is 15.4 Å². The van der Waals surface area contributed by atoms with Crippen molar-refractivity contribution in [2.24, 2.45) is 0 Å². The van der Waals surface area contributed by atoms with Crippen molar-refractivity contribution < 1.29 is 14.3 Å². The summed E-state index contributed by atoms with van der Waals surface area (Å²) in [6.45, 7) is 5.97. The number of guanidine groups is 1. The fourth-order valence-electron chi connectivity index (χ4n) is 4.38. The van der Waals surface area contributed by atoms with E-state index in [0.29, 0.717) is 13.0 Å². The maximum atomic E-state index is 13.5. The van der Waals surface area contributed by atoms with Crippen molar-refractivity contribution in [3.8, 4) is 11.1 Å². The monoisotopic (exact) mass is 484 g/mol. The van der Waals surface area contributed by atoms with Gasteiger partial charge in [-0.1, -0.05) is 72.8 Å². The minimum atomic E-state index is -1.17. The summed E-state index contributed by atoms with van der Waals surface area (Å²) in [4.78, 5) is 26.8. The molecule has 3 N–H and O–H groups in total. The minimum absolute atomic E-state index is 0.0636. The number of amides is 2. The average Bonchev–Trinajstić information content (AvgIpc) is 3.08. The van der Waals surface area contributed by atoms with E-state index >= 15 is 0 Å². The summed E-state index contributed by atoms with van der Waals surface area (Å²) in [5.74, 6) is -0.133. The van der Waals surface area contributed by atoms with E-state index < -0.39 is 17.2 Å². The summed E-state index contributed by atoms with van der Waals surface area (Å²) in [5, 5.41) is 14.2. The average molecular weight is 485 g/mol. The first-order valence-electron chi connectivity index (χ1n) is 12.0. The number of hydrogen-bond donors (Lipinski definition) is 3. The molecule has 2 amide bonds. The topological polar surface area (TPSA) is 94.5 Å². The largest absolute Gasteiger partial charge is 0.444 e. The summed E-state index contributed by atoms with van der Waals surface area (Å²) in [5.41, 5.74) is 2.88. The number of carbonyl (C=O) groups is 2. The first-order valence-corrected chi connectivity index (χ1v) is 12.0. The van der Waals surface area contributed by atoms with Gasteiger partial charge >= 0.3 is 6.09 Å². The highest BCUT2D eigenvalue weighted by Crippen LogP contribution is 2.37. The van der Waals surface area contributed by atoms with Crippen molar-refractivity contribution in [1.82, 2.24) is 15.5 Å². The van der Waals surface area contributed by atoms with Gasteiger partial charge in [0.15, 0.2) is 11.5 Å². The molecule has 186 valence electrons. The van der Waals surface area contributed by atoms with E-state index in [4.69, 9.17) is 10.1 Å². The number of nitrogens with one attached hydrogen (secondary N) is 3. The van der Waals surface area contributed by atoms with Gasteiger partial charge in [-0.2, -0.15) is 0 Å². The predicted octanol–water partition coefficient (Wildman–Crippen LogP) is 4.66. The zero-order valence-corrected chi connectivity index (χ0v) is 21.1. The molecule has 7 heteroatoms. The summed E-state index contributed by atoms with van der Waals surface area (Å²) in [6, 6.07) is 25.5. The summed E-state index contributed by atoms with van der Waals surface area (Å²) >= 11 is 0. The quantitative estimate of drug-likeness (QED) is 0.474. The number of carbonyl (C=O) groups excluding carboxylic acids is 2. The Morgan fingerprint density at radius 2 is 1.61 bits per heavy atom. The van der Waals surface area contributed by atoms with Gasteiger partial charge in [0.2, 0.25) is 0 Å². The molecule has 4 rings (SSSR count). The maximum Gasteiger partial charge on any atom is 0.407 e. The molecule has 0 aromatic heterocycles. The molecular weight excluding hydrogens is 452 g/mol. The molecule has 1 atom stereocenters. The molecule has 0 radical (unpaired) electrons. The molecule has 3 aromatic carbocycles. The Balaban J connectivity index is 1.60. The van der Waals surface area contributed by atoms with Crippen molar-refractivity contribution >= 4 is 18.0 Å². The number of hydrogen-bond acceptors (Lipinski definition) is 4. The van der Waals surface area contributed by atoms with Crippen molar-refractivity contribution in [2.75, 3.05) is 13.6 Å². The number of benzene rings is 3. The van der Waals surface area contributed by atoms with Crippen molar-refractivity contribution in [3.05, 3.63) is 95.6 Å². The van der Waals surface area contributed by atoms with Crippen LogP contribution in [0.3, 0.4) is 0 Å². The van der Waals surface area contributed by atoms with E-state index in [9.17, 15) is 9.59 Å². The van der Waals surface area contributed by atoms with Gasteiger partial charge in [0.25, 0.3) is 5.91 Å². The SMILES string of the molecule is CN1C(=N)N[C@@](c2ccccc2)(c2cccc(-c3cccc(CCNC(=O)OC(C)(C)C)c3)c2)C1=O. The number of likely N-dealkylation sites (N-methyl/N-ethyl adjacent to an activating group) is 1. The Hall–Kier alpha value is -4.13. The van der Waals surface area contributed by atoms with Crippen LogP contribution >= 0.6 is 0 Å². The van der Waals surface area contributed by atoms with E-state index in [1.165, 1.54) is 4.90 Å². The normalized spacial score (nSPS) is 17.6. The van der Waals surface area contributed by atoms with Crippen LogP contribution in [-0.4, -0.2) is 42.1 Å². The van der Waals surface area contributed by atoms with Gasteiger partial charge in [-0.15, -0.1) is 0 Å². The highest BCUT2D eigenvalue weighted by molar-refractivity contribution is 6.10. The van der Waals surface area contributed by atoms with Gasteiger partial charge in [-0.05, 0) is 61.1 Å². The molecule has 3 aromatic rings. The van der Waals surface area contributed by atoms with Crippen LogP contribution in [0.1, 0.15) is 37.5 Å². The summed E-state index contributed by atoms with van der Waals surface area (Å²) in [7, 11) is 1.61. The van der Waals surface area contributed by atoms with Crippen LogP contribution < -0.4 is 10.6 Å². The Bertz CT molecular complexity index is 1280. The van der Waals surface area contributed by atoms with E-state index in [-0.39, 0.29) is 11.9 Å². The van der Waals surface area contributed by atoms with Crippen LogP contribution in [0.25, 0.3) is 11.1 Å². The second kappa shape index (κ2) is 9.85.